The molecule has 1 unspecified atom stereocenters. The third-order valence-corrected chi connectivity index (χ3v) is 4.04. The highest BCUT2D eigenvalue weighted by atomic mass is 32.1. The van der Waals surface area contributed by atoms with Gasteiger partial charge in [0.2, 0.25) is 5.95 Å². The second-order valence-corrected chi connectivity index (χ2v) is 6.76. The van der Waals surface area contributed by atoms with Gasteiger partial charge in [-0.1, -0.05) is 13.8 Å². The van der Waals surface area contributed by atoms with Gasteiger partial charge in [-0.2, -0.15) is 4.98 Å². The number of hydrogen-bond donors (Lipinski definition) is 2. The SMILES string of the molecule is Cc1cc2c(NC(C)CCC(C)C)nc(N)nc2s1. The van der Waals surface area contributed by atoms with Gasteiger partial charge < -0.3 is 11.1 Å². The average Bonchev–Trinajstić information content (AvgIpc) is 2.67. The Bertz CT molecular complexity index is 562. The maximum Gasteiger partial charge on any atom is 0.223 e. The molecule has 2 aromatic rings. The number of nitrogens with two attached hydrogens (primary N) is 1. The lowest BCUT2D eigenvalue weighted by Gasteiger charge is -2.16. The Morgan fingerprint density at radius 1 is 1.26 bits per heavy atom. The van der Waals surface area contributed by atoms with E-state index in [1.165, 1.54) is 11.3 Å². The Labute approximate surface area is 118 Å². The van der Waals surface area contributed by atoms with Crippen molar-refractivity contribution in [1.29, 1.82) is 0 Å². The van der Waals surface area contributed by atoms with Crippen LogP contribution in [0.3, 0.4) is 0 Å². The molecule has 0 bridgehead atoms. The predicted octanol–water partition coefficient (Wildman–Crippen LogP) is 3.82. The lowest BCUT2D eigenvalue weighted by molar-refractivity contribution is 0.527. The lowest BCUT2D eigenvalue weighted by atomic mass is 10.0. The van der Waals surface area contributed by atoms with Crippen molar-refractivity contribution in [3.05, 3.63) is 10.9 Å². The Morgan fingerprint density at radius 2 is 2.00 bits per heavy atom. The first-order valence-corrected chi connectivity index (χ1v) is 7.57. The summed E-state index contributed by atoms with van der Waals surface area (Å²) < 4.78 is 0. The van der Waals surface area contributed by atoms with Gasteiger partial charge in [-0.15, -0.1) is 11.3 Å². The van der Waals surface area contributed by atoms with E-state index in [4.69, 9.17) is 5.73 Å². The van der Waals surface area contributed by atoms with E-state index in [2.05, 4.69) is 49.0 Å². The van der Waals surface area contributed by atoms with E-state index in [0.29, 0.717) is 12.0 Å². The first-order valence-electron chi connectivity index (χ1n) is 6.76. The van der Waals surface area contributed by atoms with Crippen LogP contribution in [-0.4, -0.2) is 16.0 Å². The molecule has 1 atom stereocenters. The fourth-order valence-corrected chi connectivity index (χ4v) is 2.94. The maximum absolute atomic E-state index is 5.78. The lowest BCUT2D eigenvalue weighted by Crippen LogP contribution is -2.17. The summed E-state index contributed by atoms with van der Waals surface area (Å²) in [6, 6.07) is 2.51. The number of thiophene rings is 1. The average molecular weight is 278 g/mol. The summed E-state index contributed by atoms with van der Waals surface area (Å²) in [5, 5.41) is 4.55. The van der Waals surface area contributed by atoms with Gasteiger partial charge in [-0.3, -0.25) is 0 Å². The number of nitrogen functional groups attached to an aromatic ring is 1. The summed E-state index contributed by atoms with van der Waals surface area (Å²) in [6.07, 6.45) is 2.34. The monoisotopic (exact) mass is 278 g/mol. The van der Waals surface area contributed by atoms with Crippen LogP contribution in [-0.2, 0) is 0 Å². The van der Waals surface area contributed by atoms with Crippen molar-refractivity contribution in [3.63, 3.8) is 0 Å². The van der Waals surface area contributed by atoms with Crippen LogP contribution in [0.2, 0.25) is 0 Å². The molecular formula is C14H22N4S. The van der Waals surface area contributed by atoms with E-state index in [1.807, 2.05) is 0 Å². The quantitative estimate of drug-likeness (QED) is 0.872. The molecule has 2 aromatic heterocycles. The number of anilines is 2. The van der Waals surface area contributed by atoms with Crippen LogP contribution in [0.25, 0.3) is 10.2 Å². The number of aryl methyl sites for hydroxylation is 1. The minimum Gasteiger partial charge on any atom is -0.368 e. The van der Waals surface area contributed by atoms with E-state index in [1.54, 1.807) is 11.3 Å². The molecule has 0 aromatic carbocycles. The van der Waals surface area contributed by atoms with E-state index in [0.717, 1.165) is 28.4 Å². The fraction of sp³-hybridized carbons (Fsp3) is 0.571. The predicted molar refractivity (Wildman–Crippen MR) is 83.7 cm³/mol. The zero-order valence-electron chi connectivity index (χ0n) is 12.0. The van der Waals surface area contributed by atoms with Crippen LogP contribution >= 0.6 is 11.3 Å². The number of nitrogens with zero attached hydrogens (tertiary/aromatic N) is 2. The van der Waals surface area contributed by atoms with E-state index >= 15 is 0 Å². The molecule has 19 heavy (non-hydrogen) atoms. The highest BCUT2D eigenvalue weighted by Crippen LogP contribution is 2.29. The van der Waals surface area contributed by atoms with Gasteiger partial charge in [0, 0.05) is 10.9 Å². The third-order valence-electron chi connectivity index (χ3n) is 3.09. The van der Waals surface area contributed by atoms with E-state index < -0.39 is 0 Å². The Balaban J connectivity index is 2.19. The molecule has 104 valence electrons. The standard InChI is InChI=1S/C14H22N4S/c1-8(2)5-6-9(3)16-12-11-7-10(4)19-13(11)18-14(15)17-12/h7-9H,5-6H2,1-4H3,(H3,15,16,17,18). The van der Waals surface area contributed by atoms with Crippen molar-refractivity contribution in [2.45, 2.75) is 46.6 Å². The molecule has 5 heteroatoms. The fourth-order valence-electron chi connectivity index (χ4n) is 2.06. The van der Waals surface area contributed by atoms with Crippen molar-refractivity contribution < 1.29 is 0 Å². The molecule has 4 nitrogen and oxygen atoms in total. The number of hydrogen-bond acceptors (Lipinski definition) is 5. The minimum absolute atomic E-state index is 0.341. The van der Waals surface area contributed by atoms with Gasteiger partial charge in [-0.25, -0.2) is 4.98 Å². The van der Waals surface area contributed by atoms with Crippen LogP contribution in [0.4, 0.5) is 11.8 Å². The van der Waals surface area contributed by atoms with E-state index in [-0.39, 0.29) is 0 Å². The van der Waals surface area contributed by atoms with Crippen LogP contribution in [0.5, 0.6) is 0 Å². The largest absolute Gasteiger partial charge is 0.368 e. The van der Waals surface area contributed by atoms with Gasteiger partial charge in [0.05, 0.1) is 5.39 Å². The minimum atomic E-state index is 0.341. The second-order valence-electron chi connectivity index (χ2n) is 5.52. The summed E-state index contributed by atoms with van der Waals surface area (Å²) in [5.74, 6) is 1.93. The summed E-state index contributed by atoms with van der Waals surface area (Å²) in [4.78, 5) is 10.8. The molecule has 0 aliphatic rings. The van der Waals surface area contributed by atoms with Crippen LogP contribution in [0, 0.1) is 12.8 Å². The van der Waals surface area contributed by atoms with Crippen molar-refractivity contribution in [1.82, 2.24) is 9.97 Å². The van der Waals surface area contributed by atoms with Gasteiger partial charge >= 0.3 is 0 Å². The summed E-state index contributed by atoms with van der Waals surface area (Å²) in [7, 11) is 0. The van der Waals surface area contributed by atoms with Crippen molar-refractivity contribution in [2.24, 2.45) is 5.92 Å². The molecule has 0 fully saturated rings. The number of nitrogens with one attached hydrogen (secondary N) is 1. The first-order chi connectivity index (χ1) is 8.95. The van der Waals surface area contributed by atoms with Crippen LogP contribution < -0.4 is 11.1 Å². The smallest absolute Gasteiger partial charge is 0.223 e. The first kappa shape index (κ1) is 14.1. The Hall–Kier alpha value is -1.36. The molecule has 0 aliphatic heterocycles. The summed E-state index contributed by atoms with van der Waals surface area (Å²) in [6.45, 7) is 8.76. The highest BCUT2D eigenvalue weighted by Gasteiger charge is 2.11. The summed E-state index contributed by atoms with van der Waals surface area (Å²) >= 11 is 1.65. The Kier molecular flexibility index (Phi) is 4.24. The zero-order valence-corrected chi connectivity index (χ0v) is 12.8. The van der Waals surface area contributed by atoms with Gasteiger partial charge in [-0.05, 0) is 38.7 Å². The molecule has 2 rings (SSSR count). The Morgan fingerprint density at radius 3 is 2.68 bits per heavy atom. The maximum atomic E-state index is 5.78. The molecule has 0 saturated heterocycles. The zero-order chi connectivity index (χ0) is 14.0. The molecule has 0 radical (unpaired) electrons. The molecular weight excluding hydrogens is 256 g/mol. The number of fused-ring (bicyclic) bond motifs is 1. The topological polar surface area (TPSA) is 63.8 Å². The normalized spacial score (nSPS) is 13.1. The van der Waals surface area contributed by atoms with Crippen molar-refractivity contribution in [2.75, 3.05) is 11.1 Å². The van der Waals surface area contributed by atoms with E-state index in [9.17, 15) is 0 Å². The molecule has 0 saturated carbocycles. The van der Waals surface area contributed by atoms with Crippen molar-refractivity contribution >= 4 is 33.3 Å². The molecule has 0 spiro atoms. The molecule has 3 N–H and O–H groups in total. The van der Waals surface area contributed by atoms with Crippen molar-refractivity contribution in [3.8, 4) is 0 Å². The van der Waals surface area contributed by atoms with Crippen LogP contribution in [0.15, 0.2) is 6.07 Å². The van der Waals surface area contributed by atoms with Crippen LogP contribution in [0.1, 0.15) is 38.5 Å². The molecule has 0 aliphatic carbocycles. The number of rotatable bonds is 5. The number of aromatic nitrogens is 2. The third kappa shape index (κ3) is 3.56. The molecule has 0 amide bonds. The van der Waals surface area contributed by atoms with Gasteiger partial charge in [0.15, 0.2) is 0 Å². The second kappa shape index (κ2) is 5.74. The summed E-state index contributed by atoms with van der Waals surface area (Å²) in [5.41, 5.74) is 5.78. The van der Waals surface area contributed by atoms with Gasteiger partial charge in [0.1, 0.15) is 10.6 Å². The molecule has 2 heterocycles. The van der Waals surface area contributed by atoms with Gasteiger partial charge in [0.25, 0.3) is 0 Å². The highest BCUT2D eigenvalue weighted by molar-refractivity contribution is 7.18.